The molecule has 6 nitrogen and oxygen atoms in total. The molecule has 0 fully saturated rings. The molecular formula is C14H19ClN4O2S. The van der Waals surface area contributed by atoms with Crippen LogP contribution in [0.4, 0.5) is 0 Å². The topological polar surface area (TPSA) is 74.3 Å². The van der Waals surface area contributed by atoms with E-state index in [0.717, 1.165) is 20.8 Å². The second-order valence-corrected chi connectivity index (χ2v) is 7.34. The molecule has 0 saturated heterocycles. The number of aromatic nitrogens is 1. The largest absolute Gasteiger partial charge is 0.311 e. The Morgan fingerprint density at radius 1 is 1.23 bits per heavy atom. The van der Waals surface area contributed by atoms with E-state index in [2.05, 4.69) is 15.0 Å². The van der Waals surface area contributed by atoms with Gasteiger partial charge in [-0.2, -0.15) is 12.7 Å². The molecule has 2 aromatic rings. The summed E-state index contributed by atoms with van der Waals surface area (Å²) >= 11 is 6.15. The molecule has 8 heteroatoms. The SMILES string of the molecule is CN(C)S(=O)(=O)NCCNCc1ccc(Cl)c2cccnc12. The standard InChI is InChI=1S/C14H19ClN4O2S/c1-19(2)22(20,21)18-9-8-16-10-11-5-6-13(15)12-4-3-7-17-14(11)12/h3-7,16,18H,8-10H2,1-2H3. The first kappa shape index (κ1) is 17.1. The monoisotopic (exact) mass is 342 g/mol. The van der Waals surface area contributed by atoms with Gasteiger partial charge in [0.15, 0.2) is 0 Å². The van der Waals surface area contributed by atoms with Crippen molar-refractivity contribution >= 4 is 32.7 Å². The van der Waals surface area contributed by atoms with Crippen molar-refractivity contribution in [3.8, 4) is 0 Å². The fourth-order valence-electron chi connectivity index (χ4n) is 1.96. The number of pyridine rings is 1. The molecule has 0 aliphatic carbocycles. The molecule has 1 aromatic carbocycles. The highest BCUT2D eigenvalue weighted by molar-refractivity contribution is 7.87. The van der Waals surface area contributed by atoms with Crippen molar-refractivity contribution in [3.63, 3.8) is 0 Å². The smallest absolute Gasteiger partial charge is 0.278 e. The molecule has 0 atom stereocenters. The minimum Gasteiger partial charge on any atom is -0.311 e. The Labute approximate surface area is 135 Å². The molecule has 0 bridgehead atoms. The lowest BCUT2D eigenvalue weighted by Gasteiger charge is -2.13. The van der Waals surface area contributed by atoms with Crippen LogP contribution in [0.25, 0.3) is 10.9 Å². The number of fused-ring (bicyclic) bond motifs is 1. The first-order chi connectivity index (χ1) is 10.4. The number of halogens is 1. The number of hydrogen-bond donors (Lipinski definition) is 2. The van der Waals surface area contributed by atoms with Crippen LogP contribution < -0.4 is 10.0 Å². The minimum absolute atomic E-state index is 0.319. The van der Waals surface area contributed by atoms with Crippen LogP contribution in [0.1, 0.15) is 5.56 Å². The molecule has 1 aromatic heterocycles. The number of benzene rings is 1. The summed E-state index contributed by atoms with van der Waals surface area (Å²) in [6.07, 6.45) is 1.73. The zero-order chi connectivity index (χ0) is 16.2. The molecule has 2 rings (SSSR count). The maximum Gasteiger partial charge on any atom is 0.278 e. The normalized spacial score (nSPS) is 12.2. The number of hydrogen-bond acceptors (Lipinski definition) is 4. The van der Waals surface area contributed by atoms with Crippen molar-refractivity contribution in [2.75, 3.05) is 27.2 Å². The summed E-state index contributed by atoms with van der Waals surface area (Å²) in [5.74, 6) is 0. The van der Waals surface area contributed by atoms with E-state index in [4.69, 9.17) is 11.6 Å². The van der Waals surface area contributed by atoms with Crippen LogP contribution in [0.2, 0.25) is 5.02 Å². The van der Waals surface area contributed by atoms with Gasteiger partial charge in [0.1, 0.15) is 0 Å². The van der Waals surface area contributed by atoms with Crippen LogP contribution in [0.15, 0.2) is 30.5 Å². The highest BCUT2D eigenvalue weighted by Crippen LogP contribution is 2.24. The van der Waals surface area contributed by atoms with Crippen LogP contribution in [-0.2, 0) is 16.8 Å². The molecule has 0 aliphatic rings. The second-order valence-electron chi connectivity index (χ2n) is 4.96. The lowest BCUT2D eigenvalue weighted by molar-refractivity contribution is 0.503. The van der Waals surface area contributed by atoms with Crippen LogP contribution in [0, 0.1) is 0 Å². The van der Waals surface area contributed by atoms with E-state index in [-0.39, 0.29) is 0 Å². The highest BCUT2D eigenvalue weighted by atomic mass is 35.5. The fraction of sp³-hybridized carbons (Fsp3) is 0.357. The lowest BCUT2D eigenvalue weighted by Crippen LogP contribution is -2.39. The molecular weight excluding hydrogens is 324 g/mol. The molecule has 0 radical (unpaired) electrons. The van der Waals surface area contributed by atoms with Gasteiger partial charge in [-0.3, -0.25) is 4.98 Å². The summed E-state index contributed by atoms with van der Waals surface area (Å²) < 4.78 is 26.7. The van der Waals surface area contributed by atoms with Crippen molar-refractivity contribution < 1.29 is 8.42 Å². The summed E-state index contributed by atoms with van der Waals surface area (Å²) in [4.78, 5) is 4.36. The van der Waals surface area contributed by atoms with E-state index in [1.54, 1.807) is 6.20 Å². The number of rotatable bonds is 7. The lowest BCUT2D eigenvalue weighted by atomic mass is 10.1. The predicted octanol–water partition coefficient (Wildman–Crippen LogP) is 1.37. The number of nitrogens with zero attached hydrogens (tertiary/aromatic N) is 2. The third-order valence-electron chi connectivity index (χ3n) is 3.18. The summed E-state index contributed by atoms with van der Waals surface area (Å²) in [5, 5.41) is 4.78. The predicted molar refractivity (Wildman–Crippen MR) is 89.1 cm³/mol. The molecule has 0 amide bonds. The minimum atomic E-state index is -3.37. The molecule has 2 N–H and O–H groups in total. The molecule has 0 spiro atoms. The Morgan fingerprint density at radius 3 is 2.73 bits per heavy atom. The summed E-state index contributed by atoms with van der Waals surface area (Å²) in [6, 6.07) is 7.55. The fourth-order valence-corrected chi connectivity index (χ4v) is 2.79. The van der Waals surface area contributed by atoms with Gasteiger partial charge in [0.05, 0.1) is 5.52 Å². The Morgan fingerprint density at radius 2 is 2.00 bits per heavy atom. The third kappa shape index (κ3) is 4.15. The molecule has 0 aliphatic heterocycles. The van der Waals surface area contributed by atoms with Gasteiger partial charge in [0, 0.05) is 50.3 Å². The molecule has 1 heterocycles. The van der Waals surface area contributed by atoms with Gasteiger partial charge in [0.25, 0.3) is 10.2 Å². The first-order valence-electron chi connectivity index (χ1n) is 6.82. The van der Waals surface area contributed by atoms with Crippen molar-refractivity contribution in [2.45, 2.75) is 6.54 Å². The van der Waals surface area contributed by atoms with Gasteiger partial charge in [0.2, 0.25) is 0 Å². The summed E-state index contributed by atoms with van der Waals surface area (Å²) in [6.45, 7) is 1.43. The van der Waals surface area contributed by atoms with Crippen molar-refractivity contribution in [2.24, 2.45) is 0 Å². The van der Waals surface area contributed by atoms with E-state index < -0.39 is 10.2 Å². The van der Waals surface area contributed by atoms with Crippen molar-refractivity contribution in [1.82, 2.24) is 19.3 Å². The average Bonchev–Trinajstić information content (AvgIpc) is 2.49. The summed E-state index contributed by atoms with van der Waals surface area (Å²) in [5.41, 5.74) is 1.88. The van der Waals surface area contributed by atoms with Crippen LogP contribution in [0.3, 0.4) is 0 Å². The van der Waals surface area contributed by atoms with E-state index in [0.29, 0.717) is 24.7 Å². The quantitative estimate of drug-likeness (QED) is 0.745. The summed E-state index contributed by atoms with van der Waals surface area (Å²) in [7, 11) is -0.395. The van der Waals surface area contributed by atoms with Gasteiger partial charge < -0.3 is 5.32 Å². The Balaban J connectivity index is 1.92. The van der Waals surface area contributed by atoms with Crippen molar-refractivity contribution in [1.29, 1.82) is 0 Å². The average molecular weight is 343 g/mol. The highest BCUT2D eigenvalue weighted by Gasteiger charge is 2.11. The van der Waals surface area contributed by atoms with Gasteiger partial charge in [-0.15, -0.1) is 0 Å². The van der Waals surface area contributed by atoms with Crippen molar-refractivity contribution in [3.05, 3.63) is 41.0 Å². The third-order valence-corrected chi connectivity index (χ3v) is 5.04. The second kappa shape index (κ2) is 7.34. The molecule has 0 unspecified atom stereocenters. The van der Waals surface area contributed by atoms with Crippen LogP contribution in [0.5, 0.6) is 0 Å². The molecule has 22 heavy (non-hydrogen) atoms. The van der Waals surface area contributed by atoms with Crippen LogP contribution in [-0.4, -0.2) is 44.9 Å². The van der Waals surface area contributed by atoms with E-state index in [9.17, 15) is 8.42 Å². The zero-order valence-corrected chi connectivity index (χ0v) is 14.1. The van der Waals surface area contributed by atoms with Gasteiger partial charge in [-0.1, -0.05) is 17.7 Å². The maximum atomic E-state index is 11.5. The zero-order valence-electron chi connectivity index (χ0n) is 12.5. The van der Waals surface area contributed by atoms with Gasteiger partial charge in [-0.25, -0.2) is 4.72 Å². The van der Waals surface area contributed by atoms with Gasteiger partial charge in [-0.05, 0) is 23.8 Å². The molecule has 120 valence electrons. The van der Waals surface area contributed by atoms with Gasteiger partial charge >= 0.3 is 0 Å². The van der Waals surface area contributed by atoms with E-state index >= 15 is 0 Å². The Bertz CT molecular complexity index is 750. The van der Waals surface area contributed by atoms with E-state index in [1.165, 1.54) is 14.1 Å². The maximum absolute atomic E-state index is 11.5. The van der Waals surface area contributed by atoms with Crippen LogP contribution >= 0.6 is 11.6 Å². The first-order valence-corrected chi connectivity index (χ1v) is 8.63. The Kier molecular flexibility index (Phi) is 5.71. The number of nitrogens with one attached hydrogen (secondary N) is 2. The van der Waals surface area contributed by atoms with E-state index in [1.807, 2.05) is 24.3 Å². The Hall–Kier alpha value is -1.25. The molecule has 0 saturated carbocycles.